The number of halogens is 1. The SMILES string of the molecule is Fc1ccc2c(-c3ccc(OCCN4CCCCCC4)cc3)noc2c1. The van der Waals surface area contributed by atoms with Crippen molar-refractivity contribution in [1.29, 1.82) is 0 Å². The van der Waals surface area contributed by atoms with Crippen LogP contribution in [0.3, 0.4) is 0 Å². The summed E-state index contributed by atoms with van der Waals surface area (Å²) in [6.07, 6.45) is 5.29. The second kappa shape index (κ2) is 7.87. The zero-order chi connectivity index (χ0) is 17.8. The van der Waals surface area contributed by atoms with Crippen LogP contribution in [-0.4, -0.2) is 36.3 Å². The Balaban J connectivity index is 1.38. The van der Waals surface area contributed by atoms with Crippen molar-refractivity contribution < 1.29 is 13.7 Å². The van der Waals surface area contributed by atoms with E-state index in [1.54, 1.807) is 6.07 Å². The van der Waals surface area contributed by atoms with Gasteiger partial charge in [-0.1, -0.05) is 18.0 Å². The first-order valence-corrected chi connectivity index (χ1v) is 9.30. The molecule has 5 heteroatoms. The first-order valence-electron chi connectivity index (χ1n) is 9.30. The van der Waals surface area contributed by atoms with Gasteiger partial charge in [-0.3, -0.25) is 4.90 Å². The second-order valence-corrected chi connectivity index (χ2v) is 6.80. The third kappa shape index (κ3) is 3.88. The average Bonchev–Trinajstić information content (AvgIpc) is 2.89. The van der Waals surface area contributed by atoms with Crippen molar-refractivity contribution >= 4 is 11.0 Å². The van der Waals surface area contributed by atoms with Crippen LogP contribution in [-0.2, 0) is 0 Å². The Bertz CT molecular complexity index is 852. The van der Waals surface area contributed by atoms with Crippen LogP contribution < -0.4 is 4.74 Å². The Labute approximate surface area is 152 Å². The van der Waals surface area contributed by atoms with E-state index in [0.717, 1.165) is 28.9 Å². The summed E-state index contributed by atoms with van der Waals surface area (Å²) < 4.78 is 24.4. The van der Waals surface area contributed by atoms with Gasteiger partial charge in [0.05, 0.1) is 0 Å². The molecule has 26 heavy (non-hydrogen) atoms. The molecule has 4 nitrogen and oxygen atoms in total. The summed E-state index contributed by atoms with van der Waals surface area (Å²) in [5.41, 5.74) is 2.10. The molecule has 0 amide bonds. The Morgan fingerprint density at radius 3 is 2.54 bits per heavy atom. The molecule has 136 valence electrons. The van der Waals surface area contributed by atoms with Gasteiger partial charge in [0.25, 0.3) is 0 Å². The molecule has 0 saturated carbocycles. The van der Waals surface area contributed by atoms with E-state index in [0.29, 0.717) is 12.2 Å². The molecule has 1 fully saturated rings. The van der Waals surface area contributed by atoms with Crippen LogP contribution in [0.15, 0.2) is 47.0 Å². The van der Waals surface area contributed by atoms with Crippen LogP contribution in [0.5, 0.6) is 5.75 Å². The Hall–Kier alpha value is -2.40. The molecule has 1 aliphatic heterocycles. The summed E-state index contributed by atoms with van der Waals surface area (Å²) in [7, 11) is 0. The van der Waals surface area contributed by atoms with Gasteiger partial charge in [-0.25, -0.2) is 4.39 Å². The van der Waals surface area contributed by atoms with E-state index in [2.05, 4.69) is 10.1 Å². The third-order valence-corrected chi connectivity index (χ3v) is 4.94. The summed E-state index contributed by atoms with van der Waals surface area (Å²) in [5, 5.41) is 4.89. The lowest BCUT2D eigenvalue weighted by Crippen LogP contribution is -2.29. The zero-order valence-electron chi connectivity index (χ0n) is 14.8. The molecule has 3 aromatic rings. The zero-order valence-corrected chi connectivity index (χ0v) is 14.8. The summed E-state index contributed by atoms with van der Waals surface area (Å²) in [6.45, 7) is 4.04. The minimum Gasteiger partial charge on any atom is -0.492 e. The van der Waals surface area contributed by atoms with Gasteiger partial charge in [-0.2, -0.15) is 0 Å². The maximum Gasteiger partial charge on any atom is 0.170 e. The summed E-state index contributed by atoms with van der Waals surface area (Å²) >= 11 is 0. The van der Waals surface area contributed by atoms with E-state index >= 15 is 0 Å². The molecular weight excluding hydrogens is 331 g/mol. The van der Waals surface area contributed by atoms with Crippen molar-refractivity contribution in [2.24, 2.45) is 0 Å². The van der Waals surface area contributed by atoms with Gasteiger partial charge in [0.1, 0.15) is 23.9 Å². The third-order valence-electron chi connectivity index (χ3n) is 4.94. The monoisotopic (exact) mass is 354 g/mol. The minimum absolute atomic E-state index is 0.326. The van der Waals surface area contributed by atoms with Crippen molar-refractivity contribution in [1.82, 2.24) is 10.1 Å². The Morgan fingerprint density at radius 2 is 1.77 bits per heavy atom. The minimum atomic E-state index is -0.326. The van der Waals surface area contributed by atoms with E-state index < -0.39 is 0 Å². The molecule has 1 aromatic heterocycles. The molecule has 0 N–H and O–H groups in total. The first-order chi connectivity index (χ1) is 12.8. The highest BCUT2D eigenvalue weighted by Gasteiger charge is 2.12. The molecular formula is C21H23FN2O2. The lowest BCUT2D eigenvalue weighted by Gasteiger charge is -2.19. The molecule has 1 saturated heterocycles. The Kier molecular flexibility index (Phi) is 5.16. The predicted octanol–water partition coefficient (Wildman–Crippen LogP) is 4.89. The van der Waals surface area contributed by atoms with Gasteiger partial charge in [0.2, 0.25) is 0 Å². The van der Waals surface area contributed by atoms with Crippen LogP contribution in [0.2, 0.25) is 0 Å². The van der Waals surface area contributed by atoms with E-state index in [9.17, 15) is 4.39 Å². The highest BCUT2D eigenvalue weighted by atomic mass is 19.1. The van der Waals surface area contributed by atoms with Gasteiger partial charge in [-0.05, 0) is 62.3 Å². The number of likely N-dealkylation sites (tertiary alicyclic amines) is 1. The number of hydrogen-bond donors (Lipinski definition) is 0. The fourth-order valence-corrected chi connectivity index (χ4v) is 3.48. The van der Waals surface area contributed by atoms with E-state index in [-0.39, 0.29) is 5.82 Å². The summed E-state index contributed by atoms with van der Waals surface area (Å²) in [5.74, 6) is 0.524. The molecule has 2 aromatic carbocycles. The highest BCUT2D eigenvalue weighted by molar-refractivity contribution is 5.91. The van der Waals surface area contributed by atoms with Gasteiger partial charge in [0.15, 0.2) is 5.58 Å². The molecule has 0 atom stereocenters. The van der Waals surface area contributed by atoms with Gasteiger partial charge < -0.3 is 9.26 Å². The summed E-state index contributed by atoms with van der Waals surface area (Å²) in [4.78, 5) is 2.49. The van der Waals surface area contributed by atoms with Crippen LogP contribution >= 0.6 is 0 Å². The van der Waals surface area contributed by atoms with Gasteiger partial charge in [0, 0.05) is 23.6 Å². The maximum atomic E-state index is 13.3. The fraction of sp³-hybridized carbons (Fsp3) is 0.381. The molecule has 0 aliphatic carbocycles. The number of ether oxygens (including phenoxy) is 1. The molecule has 0 spiro atoms. The lowest BCUT2D eigenvalue weighted by atomic mass is 10.1. The fourth-order valence-electron chi connectivity index (χ4n) is 3.48. The number of fused-ring (bicyclic) bond motifs is 1. The van der Waals surface area contributed by atoms with Crippen molar-refractivity contribution in [3.05, 3.63) is 48.3 Å². The van der Waals surface area contributed by atoms with Crippen molar-refractivity contribution in [3.63, 3.8) is 0 Å². The number of aromatic nitrogens is 1. The van der Waals surface area contributed by atoms with E-state index in [1.165, 1.54) is 50.9 Å². The molecule has 0 radical (unpaired) electrons. The normalized spacial score (nSPS) is 15.9. The van der Waals surface area contributed by atoms with Crippen molar-refractivity contribution in [3.8, 4) is 17.0 Å². The standard InChI is InChI=1S/C21H23FN2O2/c22-17-7-10-19-20(15-17)26-23-21(19)16-5-8-18(9-6-16)25-14-13-24-11-3-1-2-4-12-24/h5-10,15H,1-4,11-14H2. The summed E-state index contributed by atoms with van der Waals surface area (Å²) in [6, 6.07) is 12.3. The van der Waals surface area contributed by atoms with E-state index in [4.69, 9.17) is 9.26 Å². The molecule has 0 unspecified atom stereocenters. The molecule has 2 heterocycles. The Morgan fingerprint density at radius 1 is 1.00 bits per heavy atom. The van der Waals surface area contributed by atoms with Crippen LogP contribution in [0.4, 0.5) is 4.39 Å². The average molecular weight is 354 g/mol. The smallest absolute Gasteiger partial charge is 0.170 e. The van der Waals surface area contributed by atoms with Gasteiger partial charge >= 0.3 is 0 Å². The highest BCUT2D eigenvalue weighted by Crippen LogP contribution is 2.29. The first kappa shape index (κ1) is 17.0. The lowest BCUT2D eigenvalue weighted by molar-refractivity contribution is 0.214. The number of nitrogens with zero attached hydrogens (tertiary/aromatic N) is 2. The van der Waals surface area contributed by atoms with Crippen LogP contribution in [0.1, 0.15) is 25.7 Å². The second-order valence-electron chi connectivity index (χ2n) is 6.80. The molecule has 4 rings (SSSR count). The topological polar surface area (TPSA) is 38.5 Å². The maximum absolute atomic E-state index is 13.3. The molecule has 0 bridgehead atoms. The van der Waals surface area contributed by atoms with Crippen LogP contribution in [0, 0.1) is 5.82 Å². The number of benzene rings is 2. The van der Waals surface area contributed by atoms with E-state index in [1.807, 2.05) is 24.3 Å². The predicted molar refractivity (Wildman–Crippen MR) is 99.8 cm³/mol. The number of rotatable bonds is 5. The number of hydrogen-bond acceptors (Lipinski definition) is 4. The quantitative estimate of drug-likeness (QED) is 0.654. The van der Waals surface area contributed by atoms with Crippen molar-refractivity contribution in [2.45, 2.75) is 25.7 Å². The molecule has 1 aliphatic rings. The van der Waals surface area contributed by atoms with Gasteiger partial charge in [-0.15, -0.1) is 0 Å². The largest absolute Gasteiger partial charge is 0.492 e. The van der Waals surface area contributed by atoms with Crippen LogP contribution in [0.25, 0.3) is 22.2 Å². The van der Waals surface area contributed by atoms with Crippen molar-refractivity contribution in [2.75, 3.05) is 26.2 Å².